The molecule has 0 spiro atoms. The van der Waals surface area contributed by atoms with Crippen LogP contribution >= 0.6 is 0 Å². The van der Waals surface area contributed by atoms with Crippen LogP contribution in [-0.4, -0.2) is 9.13 Å². The zero-order chi connectivity index (χ0) is 32.2. The quantitative estimate of drug-likeness (QED) is 0.183. The smallest absolute Gasteiger partial charge is 0.195 e. The predicted octanol–water partition coefficient (Wildman–Crippen LogP) is 11.6. The number of aromatic nitrogens is 2. The maximum atomic E-state index is 9.83. The summed E-state index contributed by atoms with van der Waals surface area (Å²) in [5.41, 5.74) is 11.5. The van der Waals surface area contributed by atoms with Gasteiger partial charge in [-0.15, -0.1) is 0 Å². The minimum absolute atomic E-state index is 0.517. The topological polar surface area (TPSA) is 38.0 Å². The van der Waals surface area contributed by atoms with E-state index in [9.17, 15) is 5.26 Å². The van der Waals surface area contributed by atoms with E-state index in [-0.39, 0.29) is 0 Å². The van der Waals surface area contributed by atoms with E-state index < -0.39 is 0 Å². The Balaban J connectivity index is 1.41. The highest BCUT2D eigenvalue weighted by Gasteiger charge is 2.22. The molecular weight excluding hydrogens is 585 g/mol. The second kappa shape index (κ2) is 10.9. The third-order valence-corrected chi connectivity index (χ3v) is 9.36. The van der Waals surface area contributed by atoms with Crippen LogP contribution < -0.4 is 0 Å². The van der Waals surface area contributed by atoms with Crippen LogP contribution in [0.4, 0.5) is 5.69 Å². The van der Waals surface area contributed by atoms with E-state index in [0.29, 0.717) is 11.3 Å². The maximum Gasteiger partial charge on any atom is 0.195 e. The molecule has 2 heterocycles. The first-order chi connectivity index (χ1) is 23.7. The lowest BCUT2D eigenvalue weighted by Crippen LogP contribution is -1.96. The molecule has 9 aromatic rings. The van der Waals surface area contributed by atoms with Gasteiger partial charge in [0.15, 0.2) is 5.69 Å². The van der Waals surface area contributed by atoms with Crippen molar-refractivity contribution in [1.82, 2.24) is 9.13 Å². The summed E-state index contributed by atoms with van der Waals surface area (Å²) in [5, 5.41) is 14.5. The lowest BCUT2D eigenvalue weighted by Gasteiger charge is -2.15. The fourth-order valence-corrected chi connectivity index (χ4v) is 7.31. The van der Waals surface area contributed by atoms with Crippen LogP contribution in [0, 0.1) is 17.9 Å². The Morgan fingerprint density at radius 1 is 0.500 bits per heavy atom. The Kier molecular flexibility index (Phi) is 6.22. The van der Waals surface area contributed by atoms with Crippen molar-refractivity contribution >= 4 is 49.3 Å². The largest absolute Gasteiger partial charge is 0.309 e. The molecule has 0 unspecified atom stereocenters. The number of hydrogen-bond donors (Lipinski definition) is 0. The molecule has 0 saturated carbocycles. The van der Waals surface area contributed by atoms with Crippen LogP contribution in [0.25, 0.3) is 82.1 Å². The summed E-state index contributed by atoms with van der Waals surface area (Å²) in [6.07, 6.45) is 0. The van der Waals surface area contributed by atoms with Gasteiger partial charge in [-0.25, -0.2) is 4.85 Å². The van der Waals surface area contributed by atoms with Gasteiger partial charge >= 0.3 is 0 Å². The number of nitrogens with zero attached hydrogens (tertiary/aromatic N) is 4. The summed E-state index contributed by atoms with van der Waals surface area (Å²) in [4.78, 5) is 3.89. The van der Waals surface area contributed by atoms with E-state index in [1.54, 1.807) is 12.1 Å². The van der Waals surface area contributed by atoms with Crippen LogP contribution in [0.15, 0.2) is 158 Å². The fourth-order valence-electron chi connectivity index (χ4n) is 7.31. The van der Waals surface area contributed by atoms with Crippen molar-refractivity contribution in [3.8, 4) is 39.7 Å². The minimum Gasteiger partial charge on any atom is -0.309 e. The lowest BCUT2D eigenvalue weighted by molar-refractivity contribution is 1.18. The van der Waals surface area contributed by atoms with E-state index in [0.717, 1.165) is 61.0 Å². The molecule has 0 radical (unpaired) electrons. The van der Waals surface area contributed by atoms with Gasteiger partial charge in [-0.3, -0.25) is 0 Å². The standard InChI is InChI=1S/C44H26N4/c1-46-39-24-20-29(28-45)26-37(39)35-23-22-33(43-36-17-9-11-19-41(36)48(44(35)43)32-14-6-3-7-15-32)30-21-25-42-38(27-30)34-16-8-10-18-40(34)47(42)31-12-4-2-5-13-31/h2-27H. The van der Waals surface area contributed by atoms with E-state index in [4.69, 9.17) is 6.57 Å². The van der Waals surface area contributed by atoms with Gasteiger partial charge < -0.3 is 9.13 Å². The molecule has 0 bridgehead atoms. The Morgan fingerprint density at radius 3 is 1.81 bits per heavy atom. The molecule has 4 heteroatoms. The number of nitriles is 1. The number of fused-ring (bicyclic) bond motifs is 6. The summed E-state index contributed by atoms with van der Waals surface area (Å²) < 4.78 is 4.64. The number of benzene rings is 7. The Labute approximate surface area is 277 Å². The zero-order valence-electron chi connectivity index (χ0n) is 25.8. The van der Waals surface area contributed by atoms with Gasteiger partial charge in [-0.2, -0.15) is 5.26 Å². The van der Waals surface area contributed by atoms with Crippen LogP contribution in [0.1, 0.15) is 5.56 Å². The molecule has 222 valence electrons. The Hall–Kier alpha value is -6.88. The highest BCUT2D eigenvalue weighted by molar-refractivity contribution is 6.21. The molecule has 0 aliphatic rings. The van der Waals surface area contributed by atoms with Gasteiger partial charge in [-0.05, 0) is 76.9 Å². The van der Waals surface area contributed by atoms with Crippen molar-refractivity contribution in [3.63, 3.8) is 0 Å². The summed E-state index contributed by atoms with van der Waals surface area (Å²) in [6.45, 7) is 8.01. The second-order valence-corrected chi connectivity index (χ2v) is 11.9. The summed E-state index contributed by atoms with van der Waals surface area (Å²) in [7, 11) is 0. The predicted molar refractivity (Wildman–Crippen MR) is 197 cm³/mol. The SMILES string of the molecule is [C-]#[N+]c1ccc(C#N)cc1-c1ccc(-c2ccc3c(c2)c2ccccc2n3-c2ccccc2)c2c3ccccc3n(-c3ccccc3)c12. The molecule has 0 atom stereocenters. The summed E-state index contributed by atoms with van der Waals surface area (Å²) in [6, 6.07) is 56.7. The molecule has 4 nitrogen and oxygen atoms in total. The van der Waals surface area contributed by atoms with Gasteiger partial charge in [0.1, 0.15) is 0 Å². The third kappa shape index (κ3) is 4.07. The third-order valence-electron chi connectivity index (χ3n) is 9.36. The first kappa shape index (κ1) is 27.4. The molecule has 9 rings (SSSR count). The highest BCUT2D eigenvalue weighted by Crippen LogP contribution is 2.46. The van der Waals surface area contributed by atoms with Crippen molar-refractivity contribution in [2.45, 2.75) is 0 Å². The molecule has 0 aliphatic carbocycles. The van der Waals surface area contributed by atoms with Gasteiger partial charge in [0.2, 0.25) is 0 Å². The summed E-state index contributed by atoms with van der Waals surface area (Å²) >= 11 is 0. The maximum absolute atomic E-state index is 9.83. The van der Waals surface area contributed by atoms with Gasteiger partial charge in [0.25, 0.3) is 0 Å². The van der Waals surface area contributed by atoms with E-state index >= 15 is 0 Å². The number of hydrogen-bond acceptors (Lipinski definition) is 1. The minimum atomic E-state index is 0.517. The molecule has 0 fully saturated rings. The van der Waals surface area contributed by atoms with Crippen LogP contribution in [0.5, 0.6) is 0 Å². The van der Waals surface area contributed by atoms with Crippen molar-refractivity contribution in [3.05, 3.63) is 175 Å². The van der Waals surface area contributed by atoms with Crippen molar-refractivity contribution in [2.75, 3.05) is 0 Å². The van der Waals surface area contributed by atoms with Crippen molar-refractivity contribution in [2.24, 2.45) is 0 Å². The molecule has 48 heavy (non-hydrogen) atoms. The molecule has 7 aromatic carbocycles. The number of para-hydroxylation sites is 4. The van der Waals surface area contributed by atoms with Crippen molar-refractivity contribution < 1.29 is 0 Å². The van der Waals surface area contributed by atoms with Crippen molar-refractivity contribution in [1.29, 1.82) is 5.26 Å². The lowest BCUT2D eigenvalue weighted by atomic mass is 9.92. The van der Waals surface area contributed by atoms with Crippen LogP contribution in [0.2, 0.25) is 0 Å². The molecular formula is C44H26N4. The average molecular weight is 611 g/mol. The van der Waals surface area contributed by atoms with Crippen LogP contribution in [-0.2, 0) is 0 Å². The average Bonchev–Trinajstić information content (AvgIpc) is 3.68. The van der Waals surface area contributed by atoms with Gasteiger partial charge in [0, 0.05) is 32.9 Å². The molecule has 0 amide bonds. The highest BCUT2D eigenvalue weighted by atomic mass is 15.0. The second-order valence-electron chi connectivity index (χ2n) is 11.9. The first-order valence-corrected chi connectivity index (χ1v) is 15.9. The molecule has 0 aliphatic heterocycles. The van der Waals surface area contributed by atoms with E-state index in [1.165, 1.54) is 16.3 Å². The van der Waals surface area contributed by atoms with E-state index in [2.05, 4.69) is 147 Å². The zero-order valence-corrected chi connectivity index (χ0v) is 25.8. The Morgan fingerprint density at radius 2 is 1.10 bits per heavy atom. The van der Waals surface area contributed by atoms with Gasteiger partial charge in [0.05, 0.1) is 40.3 Å². The van der Waals surface area contributed by atoms with Crippen LogP contribution in [0.3, 0.4) is 0 Å². The molecule has 0 saturated heterocycles. The first-order valence-electron chi connectivity index (χ1n) is 15.9. The summed E-state index contributed by atoms with van der Waals surface area (Å²) in [5.74, 6) is 0. The fraction of sp³-hybridized carbons (Fsp3) is 0. The molecule has 2 aromatic heterocycles. The number of rotatable bonds is 4. The van der Waals surface area contributed by atoms with E-state index in [1.807, 2.05) is 18.2 Å². The monoisotopic (exact) mass is 610 g/mol. The Bertz CT molecular complexity index is 2790. The normalized spacial score (nSPS) is 11.3. The molecule has 0 N–H and O–H groups in total. The van der Waals surface area contributed by atoms with Gasteiger partial charge in [-0.1, -0.05) is 103 Å².